The van der Waals surface area contributed by atoms with Crippen molar-refractivity contribution in [2.45, 2.75) is 0 Å². The smallest absolute Gasteiger partial charge is 0.274 e. The van der Waals surface area contributed by atoms with Crippen LogP contribution in [0, 0.1) is 0 Å². The average Bonchev–Trinajstić information content (AvgIpc) is 2.65. The predicted molar refractivity (Wildman–Crippen MR) is 99.4 cm³/mol. The van der Waals surface area contributed by atoms with Crippen LogP contribution in [0.15, 0.2) is 42.6 Å². The van der Waals surface area contributed by atoms with Crippen molar-refractivity contribution in [2.75, 3.05) is 50.0 Å². The highest BCUT2D eigenvalue weighted by molar-refractivity contribution is 6.30. The van der Waals surface area contributed by atoms with E-state index in [4.69, 9.17) is 16.3 Å². The van der Waals surface area contributed by atoms with Crippen LogP contribution < -0.4 is 10.6 Å². The molecule has 0 atom stereocenters. The van der Waals surface area contributed by atoms with Gasteiger partial charge < -0.3 is 15.4 Å². The van der Waals surface area contributed by atoms with E-state index < -0.39 is 0 Å². The van der Waals surface area contributed by atoms with E-state index in [1.807, 2.05) is 6.07 Å². The number of pyridine rings is 1. The first-order valence-electron chi connectivity index (χ1n) is 8.28. The first-order valence-corrected chi connectivity index (χ1v) is 8.65. The predicted octanol–water partition coefficient (Wildman–Crippen LogP) is 2.73. The van der Waals surface area contributed by atoms with Gasteiger partial charge in [0.25, 0.3) is 5.91 Å². The molecule has 1 aliphatic rings. The number of halogens is 1. The molecule has 1 fully saturated rings. The molecular formula is C18H21ClN4O2. The third kappa shape index (κ3) is 5.42. The van der Waals surface area contributed by atoms with Gasteiger partial charge in [0.05, 0.1) is 25.1 Å². The minimum absolute atomic E-state index is 0.248. The van der Waals surface area contributed by atoms with Crippen molar-refractivity contribution in [1.82, 2.24) is 9.88 Å². The van der Waals surface area contributed by atoms with Crippen LogP contribution in [0.4, 0.5) is 11.4 Å². The Labute approximate surface area is 152 Å². The van der Waals surface area contributed by atoms with Crippen LogP contribution in [0.2, 0.25) is 5.02 Å². The number of carbonyl (C=O) groups excluding carboxylic acids is 1. The van der Waals surface area contributed by atoms with E-state index in [2.05, 4.69) is 20.5 Å². The van der Waals surface area contributed by atoms with Gasteiger partial charge in [0, 0.05) is 36.9 Å². The van der Waals surface area contributed by atoms with E-state index in [0.29, 0.717) is 16.4 Å². The fourth-order valence-electron chi connectivity index (χ4n) is 2.54. The van der Waals surface area contributed by atoms with Crippen LogP contribution in [0.5, 0.6) is 0 Å². The SMILES string of the molecule is O=C(Nc1ccc(Cl)cc1)c1ccc(NCCN2CCOCC2)cn1. The summed E-state index contributed by atoms with van der Waals surface area (Å²) in [7, 11) is 0. The summed E-state index contributed by atoms with van der Waals surface area (Å²) in [6.07, 6.45) is 1.68. The minimum Gasteiger partial charge on any atom is -0.383 e. The molecular weight excluding hydrogens is 340 g/mol. The zero-order valence-corrected chi connectivity index (χ0v) is 14.6. The molecule has 2 heterocycles. The van der Waals surface area contributed by atoms with Gasteiger partial charge in [-0.3, -0.25) is 9.69 Å². The molecule has 7 heteroatoms. The van der Waals surface area contributed by atoms with Crippen molar-refractivity contribution in [3.63, 3.8) is 0 Å². The summed E-state index contributed by atoms with van der Waals surface area (Å²) in [6, 6.07) is 10.5. The summed E-state index contributed by atoms with van der Waals surface area (Å²) in [5.74, 6) is -0.248. The van der Waals surface area contributed by atoms with Crippen LogP contribution in [-0.2, 0) is 4.74 Å². The van der Waals surface area contributed by atoms with Crippen LogP contribution in [-0.4, -0.2) is 55.2 Å². The molecule has 25 heavy (non-hydrogen) atoms. The number of benzene rings is 1. The number of rotatable bonds is 6. The third-order valence-electron chi connectivity index (χ3n) is 3.96. The average molecular weight is 361 g/mol. The van der Waals surface area contributed by atoms with Gasteiger partial charge in [-0.25, -0.2) is 4.98 Å². The van der Waals surface area contributed by atoms with Gasteiger partial charge in [-0.15, -0.1) is 0 Å². The number of nitrogens with one attached hydrogen (secondary N) is 2. The van der Waals surface area contributed by atoms with Gasteiger partial charge >= 0.3 is 0 Å². The standard InChI is InChI=1S/C18H21ClN4O2/c19-14-1-3-15(4-2-14)22-18(24)17-6-5-16(13-21-17)20-7-8-23-9-11-25-12-10-23/h1-6,13,20H,7-12H2,(H,22,24). The van der Waals surface area contributed by atoms with E-state index in [0.717, 1.165) is 45.1 Å². The molecule has 132 valence electrons. The molecule has 0 unspecified atom stereocenters. The number of hydrogen-bond donors (Lipinski definition) is 2. The topological polar surface area (TPSA) is 66.5 Å². The van der Waals surface area contributed by atoms with Gasteiger partial charge in [-0.1, -0.05) is 11.6 Å². The molecule has 1 amide bonds. The highest BCUT2D eigenvalue weighted by Gasteiger charge is 2.10. The van der Waals surface area contributed by atoms with Crippen LogP contribution >= 0.6 is 11.6 Å². The van der Waals surface area contributed by atoms with Gasteiger partial charge in [-0.05, 0) is 36.4 Å². The highest BCUT2D eigenvalue weighted by atomic mass is 35.5. The zero-order valence-electron chi connectivity index (χ0n) is 13.9. The maximum Gasteiger partial charge on any atom is 0.274 e. The molecule has 0 bridgehead atoms. The molecule has 1 aromatic heterocycles. The Hall–Kier alpha value is -2.15. The Morgan fingerprint density at radius 2 is 1.84 bits per heavy atom. The number of ether oxygens (including phenoxy) is 1. The summed E-state index contributed by atoms with van der Waals surface area (Å²) in [6.45, 7) is 5.35. The minimum atomic E-state index is -0.248. The summed E-state index contributed by atoms with van der Waals surface area (Å²) in [5.41, 5.74) is 1.95. The van der Waals surface area contributed by atoms with Crippen molar-refractivity contribution in [2.24, 2.45) is 0 Å². The maximum absolute atomic E-state index is 12.2. The summed E-state index contributed by atoms with van der Waals surface area (Å²) in [4.78, 5) is 18.8. The second-order valence-electron chi connectivity index (χ2n) is 5.77. The Balaban J connectivity index is 1.47. The Kier molecular flexibility index (Phi) is 6.22. The molecule has 0 radical (unpaired) electrons. The quantitative estimate of drug-likeness (QED) is 0.829. The van der Waals surface area contributed by atoms with Crippen LogP contribution in [0.1, 0.15) is 10.5 Å². The van der Waals surface area contributed by atoms with Crippen molar-refractivity contribution >= 4 is 28.9 Å². The molecule has 6 nitrogen and oxygen atoms in total. The fraction of sp³-hybridized carbons (Fsp3) is 0.333. The molecule has 2 N–H and O–H groups in total. The molecule has 0 aliphatic carbocycles. The lowest BCUT2D eigenvalue weighted by molar-refractivity contribution is 0.0398. The molecule has 0 spiro atoms. The Bertz CT molecular complexity index is 685. The van der Waals surface area contributed by atoms with Gasteiger partial charge in [-0.2, -0.15) is 0 Å². The number of hydrogen-bond acceptors (Lipinski definition) is 5. The fourth-order valence-corrected chi connectivity index (χ4v) is 2.67. The first kappa shape index (κ1) is 17.7. The largest absolute Gasteiger partial charge is 0.383 e. The van der Waals surface area contributed by atoms with Crippen molar-refractivity contribution < 1.29 is 9.53 Å². The lowest BCUT2D eigenvalue weighted by Crippen LogP contribution is -2.39. The Morgan fingerprint density at radius 1 is 1.12 bits per heavy atom. The van der Waals surface area contributed by atoms with Crippen molar-refractivity contribution in [1.29, 1.82) is 0 Å². The third-order valence-corrected chi connectivity index (χ3v) is 4.21. The normalized spacial score (nSPS) is 14.9. The second kappa shape index (κ2) is 8.80. The van der Waals surface area contributed by atoms with Crippen LogP contribution in [0.3, 0.4) is 0 Å². The van der Waals surface area contributed by atoms with E-state index in [1.54, 1.807) is 36.5 Å². The van der Waals surface area contributed by atoms with Gasteiger partial charge in [0.1, 0.15) is 5.69 Å². The summed E-state index contributed by atoms with van der Waals surface area (Å²) >= 11 is 5.83. The number of carbonyl (C=O) groups is 1. The maximum atomic E-state index is 12.2. The molecule has 1 aromatic carbocycles. The zero-order chi connectivity index (χ0) is 17.5. The lowest BCUT2D eigenvalue weighted by atomic mass is 10.3. The number of morpholine rings is 1. The lowest BCUT2D eigenvalue weighted by Gasteiger charge is -2.26. The van der Waals surface area contributed by atoms with Crippen molar-refractivity contribution in [3.05, 3.63) is 53.3 Å². The molecule has 1 aliphatic heterocycles. The second-order valence-corrected chi connectivity index (χ2v) is 6.21. The molecule has 2 aromatic rings. The highest BCUT2D eigenvalue weighted by Crippen LogP contribution is 2.14. The molecule has 3 rings (SSSR count). The first-order chi connectivity index (χ1) is 12.2. The monoisotopic (exact) mass is 360 g/mol. The van der Waals surface area contributed by atoms with Crippen LogP contribution in [0.25, 0.3) is 0 Å². The van der Waals surface area contributed by atoms with E-state index in [-0.39, 0.29) is 5.91 Å². The number of amides is 1. The Morgan fingerprint density at radius 3 is 2.52 bits per heavy atom. The van der Waals surface area contributed by atoms with Gasteiger partial charge in [0.15, 0.2) is 0 Å². The van der Waals surface area contributed by atoms with Gasteiger partial charge in [0.2, 0.25) is 0 Å². The van der Waals surface area contributed by atoms with E-state index in [9.17, 15) is 4.79 Å². The van der Waals surface area contributed by atoms with E-state index >= 15 is 0 Å². The van der Waals surface area contributed by atoms with E-state index in [1.165, 1.54) is 0 Å². The summed E-state index contributed by atoms with van der Waals surface area (Å²) in [5, 5.41) is 6.74. The molecule has 1 saturated heterocycles. The number of aromatic nitrogens is 1. The van der Waals surface area contributed by atoms with Crippen molar-refractivity contribution in [3.8, 4) is 0 Å². The number of anilines is 2. The summed E-state index contributed by atoms with van der Waals surface area (Å²) < 4.78 is 5.33. The molecule has 0 saturated carbocycles. The number of nitrogens with zero attached hydrogens (tertiary/aromatic N) is 2.